The molecule has 1 aliphatic carbocycles. The van der Waals surface area contributed by atoms with E-state index in [4.69, 9.17) is 10.00 Å². The molecule has 1 saturated heterocycles. The monoisotopic (exact) mass is 301 g/mol. The van der Waals surface area contributed by atoms with Gasteiger partial charge in [-0.15, -0.1) is 0 Å². The summed E-state index contributed by atoms with van der Waals surface area (Å²) in [6, 6.07) is 3.79. The lowest BCUT2D eigenvalue weighted by molar-refractivity contribution is 0.0441. The highest BCUT2D eigenvalue weighted by Gasteiger charge is 2.29. The first-order chi connectivity index (χ1) is 10.7. The van der Waals surface area contributed by atoms with Crippen LogP contribution in [0, 0.1) is 17.2 Å². The van der Waals surface area contributed by atoms with Crippen LogP contribution in [0.4, 0.5) is 0 Å². The van der Waals surface area contributed by atoms with Gasteiger partial charge in [0.15, 0.2) is 0 Å². The molecule has 1 aromatic heterocycles. The Balaban J connectivity index is 1.74. The highest BCUT2D eigenvalue weighted by atomic mass is 16.5. The average molecular weight is 301 g/mol. The van der Waals surface area contributed by atoms with Crippen LogP contribution in [0.5, 0.6) is 0 Å². The van der Waals surface area contributed by atoms with Crippen molar-refractivity contribution in [2.45, 2.75) is 38.2 Å². The number of rotatable bonds is 5. The molecule has 3 rings (SSSR count). The van der Waals surface area contributed by atoms with E-state index >= 15 is 0 Å². The molecule has 0 bridgehead atoms. The van der Waals surface area contributed by atoms with Crippen LogP contribution in [0.3, 0.4) is 0 Å². The van der Waals surface area contributed by atoms with Gasteiger partial charge in [-0.2, -0.15) is 5.26 Å². The number of hydrogen-bond acceptors (Lipinski definition) is 3. The molecule has 0 N–H and O–H groups in total. The molecule has 5 nitrogen and oxygen atoms in total. The van der Waals surface area contributed by atoms with Crippen LogP contribution >= 0.6 is 0 Å². The Bertz CT molecular complexity index is 577. The molecule has 0 aromatic carbocycles. The molecule has 2 heterocycles. The van der Waals surface area contributed by atoms with Gasteiger partial charge in [-0.25, -0.2) is 0 Å². The third-order valence-corrected chi connectivity index (χ3v) is 4.79. The molecule has 1 saturated carbocycles. The van der Waals surface area contributed by atoms with E-state index in [1.165, 1.54) is 19.3 Å². The summed E-state index contributed by atoms with van der Waals surface area (Å²) in [5.74, 6) is 0.646. The molecule has 5 heteroatoms. The summed E-state index contributed by atoms with van der Waals surface area (Å²) in [7, 11) is 1.82. The van der Waals surface area contributed by atoms with E-state index in [0.29, 0.717) is 23.7 Å². The van der Waals surface area contributed by atoms with Crippen LogP contribution in [0.1, 0.15) is 48.2 Å². The second-order valence-corrected chi connectivity index (χ2v) is 6.48. The first-order valence-corrected chi connectivity index (χ1v) is 8.14. The summed E-state index contributed by atoms with van der Waals surface area (Å²) >= 11 is 0. The average Bonchev–Trinajstić information content (AvgIpc) is 3.09. The maximum atomic E-state index is 12.9. The summed E-state index contributed by atoms with van der Waals surface area (Å²) in [6.45, 7) is 2.28. The molecular weight excluding hydrogens is 278 g/mol. The Morgan fingerprint density at radius 3 is 2.77 bits per heavy atom. The Hall–Kier alpha value is -1.80. The molecule has 1 atom stereocenters. The minimum Gasteiger partial charge on any atom is -0.376 e. The number of amides is 1. The number of carbonyl (C=O) groups is 1. The van der Waals surface area contributed by atoms with Crippen molar-refractivity contribution in [3.05, 3.63) is 23.5 Å². The highest BCUT2D eigenvalue weighted by molar-refractivity contribution is 5.93. The standard InChI is InChI=1S/C17H23N3O2/c1-19-10-14(9-18)8-16(19)17(21)20(11-13-4-2-5-13)12-15-6-3-7-22-15/h8,10,13,15H,2-7,11-12H2,1H3/t15-/m0/s1. The van der Waals surface area contributed by atoms with Gasteiger partial charge in [0.1, 0.15) is 11.8 Å². The molecular formula is C17H23N3O2. The van der Waals surface area contributed by atoms with Crippen molar-refractivity contribution in [3.8, 4) is 6.07 Å². The van der Waals surface area contributed by atoms with E-state index in [2.05, 4.69) is 6.07 Å². The lowest BCUT2D eigenvalue weighted by Crippen LogP contribution is -2.42. The van der Waals surface area contributed by atoms with Crippen molar-refractivity contribution >= 4 is 5.91 Å². The molecule has 1 amide bonds. The van der Waals surface area contributed by atoms with Gasteiger partial charge in [-0.05, 0) is 37.7 Å². The van der Waals surface area contributed by atoms with Gasteiger partial charge in [0.25, 0.3) is 5.91 Å². The third kappa shape index (κ3) is 3.17. The van der Waals surface area contributed by atoms with Gasteiger partial charge in [0.05, 0.1) is 11.7 Å². The number of carbonyl (C=O) groups excluding carboxylic acids is 1. The number of ether oxygens (including phenoxy) is 1. The maximum absolute atomic E-state index is 12.9. The van der Waals surface area contributed by atoms with E-state index < -0.39 is 0 Å². The summed E-state index contributed by atoms with van der Waals surface area (Å²) in [5, 5.41) is 9.01. The largest absolute Gasteiger partial charge is 0.376 e. The number of aryl methyl sites for hydroxylation is 1. The van der Waals surface area contributed by atoms with Crippen LogP contribution in [0.15, 0.2) is 12.3 Å². The van der Waals surface area contributed by atoms with Gasteiger partial charge in [0, 0.05) is 32.9 Å². The number of nitriles is 1. The van der Waals surface area contributed by atoms with E-state index in [9.17, 15) is 4.79 Å². The third-order valence-electron chi connectivity index (χ3n) is 4.79. The molecule has 1 aromatic rings. The second kappa shape index (κ2) is 6.53. The van der Waals surface area contributed by atoms with Gasteiger partial charge in [-0.1, -0.05) is 6.42 Å². The van der Waals surface area contributed by atoms with E-state index in [1.54, 1.807) is 16.8 Å². The molecule has 118 valence electrons. The van der Waals surface area contributed by atoms with Gasteiger partial charge >= 0.3 is 0 Å². The van der Waals surface area contributed by atoms with E-state index in [-0.39, 0.29) is 12.0 Å². The molecule has 0 unspecified atom stereocenters. The van der Waals surface area contributed by atoms with Crippen LogP contribution in [0.2, 0.25) is 0 Å². The van der Waals surface area contributed by atoms with E-state index in [1.807, 2.05) is 11.9 Å². The fraction of sp³-hybridized carbons (Fsp3) is 0.647. The first kappa shape index (κ1) is 15.1. The first-order valence-electron chi connectivity index (χ1n) is 8.14. The summed E-state index contributed by atoms with van der Waals surface area (Å²) < 4.78 is 7.46. The smallest absolute Gasteiger partial charge is 0.270 e. The number of aromatic nitrogens is 1. The maximum Gasteiger partial charge on any atom is 0.270 e. The minimum absolute atomic E-state index is 0.0198. The fourth-order valence-corrected chi connectivity index (χ4v) is 3.26. The minimum atomic E-state index is 0.0198. The highest BCUT2D eigenvalue weighted by Crippen LogP contribution is 2.28. The summed E-state index contributed by atoms with van der Waals surface area (Å²) in [6.07, 6.45) is 7.69. The molecule has 0 radical (unpaired) electrons. The zero-order chi connectivity index (χ0) is 15.5. The van der Waals surface area contributed by atoms with E-state index in [0.717, 1.165) is 26.0 Å². The Labute approximate surface area is 131 Å². The van der Waals surface area contributed by atoms with Crippen molar-refractivity contribution in [1.82, 2.24) is 9.47 Å². The Kier molecular flexibility index (Phi) is 4.49. The lowest BCUT2D eigenvalue weighted by Gasteiger charge is -2.33. The summed E-state index contributed by atoms with van der Waals surface area (Å²) in [4.78, 5) is 14.8. The van der Waals surface area contributed by atoms with Crippen LogP contribution in [-0.2, 0) is 11.8 Å². The normalized spacial score (nSPS) is 21.4. The zero-order valence-corrected chi connectivity index (χ0v) is 13.1. The second-order valence-electron chi connectivity index (χ2n) is 6.48. The predicted molar refractivity (Wildman–Crippen MR) is 82.3 cm³/mol. The molecule has 22 heavy (non-hydrogen) atoms. The molecule has 0 spiro atoms. The van der Waals surface area contributed by atoms with Crippen molar-refractivity contribution < 1.29 is 9.53 Å². The van der Waals surface area contributed by atoms with Crippen LogP contribution in [0.25, 0.3) is 0 Å². The van der Waals surface area contributed by atoms with Crippen molar-refractivity contribution in [2.24, 2.45) is 13.0 Å². The quantitative estimate of drug-likeness (QED) is 0.838. The summed E-state index contributed by atoms with van der Waals surface area (Å²) in [5.41, 5.74) is 1.13. The molecule has 2 fully saturated rings. The van der Waals surface area contributed by atoms with Gasteiger partial charge in [-0.3, -0.25) is 4.79 Å². The van der Waals surface area contributed by atoms with Gasteiger partial charge < -0.3 is 14.2 Å². The lowest BCUT2D eigenvalue weighted by atomic mass is 9.85. The molecule has 2 aliphatic rings. The van der Waals surface area contributed by atoms with Crippen molar-refractivity contribution in [2.75, 3.05) is 19.7 Å². The van der Waals surface area contributed by atoms with Gasteiger partial charge in [0.2, 0.25) is 0 Å². The van der Waals surface area contributed by atoms with Crippen LogP contribution in [-0.4, -0.2) is 41.2 Å². The molecule has 1 aliphatic heterocycles. The van der Waals surface area contributed by atoms with Crippen molar-refractivity contribution in [1.29, 1.82) is 5.26 Å². The topological polar surface area (TPSA) is 58.3 Å². The van der Waals surface area contributed by atoms with Crippen molar-refractivity contribution in [3.63, 3.8) is 0 Å². The fourth-order valence-electron chi connectivity index (χ4n) is 3.26. The van der Waals surface area contributed by atoms with Crippen LogP contribution < -0.4 is 0 Å². The Morgan fingerprint density at radius 2 is 2.23 bits per heavy atom. The zero-order valence-electron chi connectivity index (χ0n) is 13.1. The predicted octanol–water partition coefficient (Wildman–Crippen LogP) is 2.32. The SMILES string of the molecule is Cn1cc(C#N)cc1C(=O)N(CC1CCC1)C[C@@H]1CCCO1. The Morgan fingerprint density at radius 1 is 1.41 bits per heavy atom. The number of hydrogen-bond donors (Lipinski definition) is 0. The number of nitrogens with zero attached hydrogens (tertiary/aromatic N) is 3.